The van der Waals surface area contributed by atoms with Gasteiger partial charge in [-0.2, -0.15) is 0 Å². The molecule has 178 valence electrons. The second kappa shape index (κ2) is 10.4. The number of para-hydroxylation sites is 1. The Morgan fingerprint density at radius 2 is 1.42 bits per heavy atom. The normalized spacial score (nSPS) is 10.7. The van der Waals surface area contributed by atoms with E-state index in [0.29, 0.717) is 17.6 Å². The molecular weight excluding hydrogens is 458 g/mol. The number of hydrogen-bond donors (Lipinski definition) is 2. The molecule has 0 bridgehead atoms. The Labute approximate surface area is 206 Å². The molecule has 2 amide bonds. The monoisotopic (exact) mass is 479 g/mol. The summed E-state index contributed by atoms with van der Waals surface area (Å²) in [5.41, 5.74) is 7.09. The van der Waals surface area contributed by atoms with E-state index < -0.39 is 11.8 Å². The Kier molecular flexibility index (Phi) is 6.57. The second-order valence-electron chi connectivity index (χ2n) is 7.74. The molecule has 0 saturated carbocycles. The first kappa shape index (κ1) is 22.7. The summed E-state index contributed by atoms with van der Waals surface area (Å²) >= 11 is 0. The number of aromatic nitrogens is 5. The van der Waals surface area contributed by atoms with E-state index in [1.54, 1.807) is 4.68 Å². The highest BCUT2D eigenvalue weighted by Gasteiger charge is 2.19. The van der Waals surface area contributed by atoms with Gasteiger partial charge in [0.25, 0.3) is 0 Å². The number of hydrogen-bond acceptors (Lipinski definition) is 7. The number of carbonyl (C=O) groups is 2. The van der Waals surface area contributed by atoms with Crippen molar-refractivity contribution in [1.29, 1.82) is 0 Å². The second-order valence-corrected chi connectivity index (χ2v) is 7.74. The van der Waals surface area contributed by atoms with E-state index in [1.807, 2.05) is 91.0 Å². The predicted octanol–water partition coefficient (Wildman–Crippen LogP) is 3.38. The average Bonchev–Trinajstić information content (AvgIpc) is 3.60. The van der Waals surface area contributed by atoms with Crippen LogP contribution in [0.25, 0.3) is 28.5 Å². The minimum absolute atomic E-state index is 0.0395. The number of nitrogens with zero attached hydrogens (tertiary/aromatic N) is 5. The third-order valence-electron chi connectivity index (χ3n) is 5.21. The van der Waals surface area contributed by atoms with Crippen LogP contribution < -0.4 is 10.9 Å². The summed E-state index contributed by atoms with van der Waals surface area (Å²) in [6, 6.07) is 28.1. The van der Waals surface area contributed by atoms with Crippen molar-refractivity contribution in [2.45, 2.75) is 12.8 Å². The molecule has 2 N–H and O–H groups in total. The molecule has 3 aromatic carbocycles. The summed E-state index contributed by atoms with van der Waals surface area (Å²) in [7, 11) is 0. The quantitative estimate of drug-likeness (QED) is 0.343. The molecule has 10 heteroatoms. The van der Waals surface area contributed by atoms with Crippen molar-refractivity contribution in [2.75, 3.05) is 0 Å². The van der Waals surface area contributed by atoms with Gasteiger partial charge < -0.3 is 4.42 Å². The standard InChI is InChI=1S/C26H21N7O3/c34-21(16-17-22-29-31-26(36-22)19-12-6-2-7-13-19)28-30-25(35)23-27-24(18-10-4-1-5-11-18)33(32-23)20-14-8-3-9-15-20/h1-15H,16-17H2,(H,28,34)(H,30,35). The number of carbonyl (C=O) groups excluding carboxylic acids is 2. The number of amides is 2. The van der Waals surface area contributed by atoms with Crippen molar-refractivity contribution < 1.29 is 14.0 Å². The Hall–Kier alpha value is -5.12. The Morgan fingerprint density at radius 1 is 0.778 bits per heavy atom. The molecule has 0 aliphatic heterocycles. The van der Waals surface area contributed by atoms with Crippen molar-refractivity contribution in [3.05, 3.63) is 103 Å². The van der Waals surface area contributed by atoms with Crippen molar-refractivity contribution in [3.63, 3.8) is 0 Å². The molecule has 0 unspecified atom stereocenters. The topological polar surface area (TPSA) is 128 Å². The maximum absolute atomic E-state index is 12.7. The summed E-state index contributed by atoms with van der Waals surface area (Å²) in [5.74, 6) is 0.0685. The third-order valence-corrected chi connectivity index (χ3v) is 5.21. The van der Waals surface area contributed by atoms with Crippen LogP contribution in [0.15, 0.2) is 95.4 Å². The van der Waals surface area contributed by atoms with Crippen LogP contribution in [0.4, 0.5) is 0 Å². The molecule has 5 rings (SSSR count). The van der Waals surface area contributed by atoms with Crippen molar-refractivity contribution in [3.8, 4) is 28.5 Å². The van der Waals surface area contributed by atoms with Crippen LogP contribution in [-0.2, 0) is 11.2 Å². The van der Waals surface area contributed by atoms with Crippen LogP contribution in [0.1, 0.15) is 22.9 Å². The molecule has 0 radical (unpaired) electrons. The lowest BCUT2D eigenvalue weighted by Gasteiger charge is -2.05. The zero-order valence-electron chi connectivity index (χ0n) is 19.0. The van der Waals surface area contributed by atoms with Crippen LogP contribution >= 0.6 is 0 Å². The van der Waals surface area contributed by atoms with Gasteiger partial charge in [0.2, 0.25) is 23.5 Å². The third kappa shape index (κ3) is 5.17. The number of hydrazine groups is 1. The van der Waals surface area contributed by atoms with Crippen molar-refractivity contribution in [1.82, 2.24) is 35.8 Å². The van der Waals surface area contributed by atoms with Gasteiger partial charge in [0.1, 0.15) is 0 Å². The molecule has 2 aromatic heterocycles. The number of nitrogens with one attached hydrogen (secondary N) is 2. The summed E-state index contributed by atoms with van der Waals surface area (Å²) in [6.45, 7) is 0. The van der Waals surface area contributed by atoms with Crippen LogP contribution in [0.2, 0.25) is 0 Å². The van der Waals surface area contributed by atoms with E-state index in [-0.39, 0.29) is 18.7 Å². The van der Waals surface area contributed by atoms with E-state index in [4.69, 9.17) is 4.42 Å². The first-order chi connectivity index (χ1) is 17.7. The maximum Gasteiger partial charge on any atom is 0.309 e. The highest BCUT2D eigenvalue weighted by Crippen LogP contribution is 2.21. The first-order valence-corrected chi connectivity index (χ1v) is 11.2. The minimum atomic E-state index is -0.639. The molecule has 0 spiro atoms. The molecule has 0 aliphatic rings. The summed E-state index contributed by atoms with van der Waals surface area (Å²) < 4.78 is 7.19. The average molecular weight is 480 g/mol. The molecule has 0 atom stereocenters. The molecule has 0 aliphatic carbocycles. The zero-order chi connectivity index (χ0) is 24.7. The smallest absolute Gasteiger partial charge is 0.309 e. The summed E-state index contributed by atoms with van der Waals surface area (Å²) in [6.07, 6.45) is 0.262. The SMILES string of the molecule is O=C(CCc1nnc(-c2ccccc2)o1)NNC(=O)c1nc(-c2ccccc2)n(-c2ccccc2)n1. The van der Waals surface area contributed by atoms with Gasteiger partial charge in [0.15, 0.2) is 5.82 Å². The van der Waals surface area contributed by atoms with Gasteiger partial charge in [-0.1, -0.05) is 66.7 Å². The summed E-state index contributed by atoms with van der Waals surface area (Å²) in [5, 5.41) is 12.3. The molecule has 36 heavy (non-hydrogen) atoms. The Bertz CT molecular complexity index is 1410. The minimum Gasteiger partial charge on any atom is -0.421 e. The fourth-order valence-corrected chi connectivity index (χ4v) is 3.45. The molecule has 2 heterocycles. The highest BCUT2D eigenvalue weighted by atomic mass is 16.4. The van der Waals surface area contributed by atoms with E-state index in [0.717, 1.165) is 16.8 Å². The van der Waals surface area contributed by atoms with Gasteiger partial charge in [-0.15, -0.1) is 15.3 Å². The van der Waals surface area contributed by atoms with Gasteiger partial charge in [-0.05, 0) is 24.3 Å². The molecular formula is C26H21N7O3. The fraction of sp³-hybridized carbons (Fsp3) is 0.0769. The van der Waals surface area contributed by atoms with E-state index in [1.165, 1.54) is 0 Å². The lowest BCUT2D eigenvalue weighted by Crippen LogP contribution is -2.42. The maximum atomic E-state index is 12.7. The number of benzene rings is 3. The van der Waals surface area contributed by atoms with Crippen molar-refractivity contribution >= 4 is 11.8 Å². The molecule has 5 aromatic rings. The Balaban J connectivity index is 1.22. The van der Waals surface area contributed by atoms with Gasteiger partial charge in [-0.3, -0.25) is 20.4 Å². The van der Waals surface area contributed by atoms with Gasteiger partial charge in [0.05, 0.1) is 5.69 Å². The van der Waals surface area contributed by atoms with E-state index in [9.17, 15) is 9.59 Å². The first-order valence-electron chi connectivity index (χ1n) is 11.2. The zero-order valence-corrected chi connectivity index (χ0v) is 19.0. The van der Waals surface area contributed by atoms with Crippen molar-refractivity contribution in [2.24, 2.45) is 0 Å². The molecule has 0 saturated heterocycles. The predicted molar refractivity (Wildman–Crippen MR) is 130 cm³/mol. The lowest BCUT2D eigenvalue weighted by molar-refractivity contribution is -0.121. The lowest BCUT2D eigenvalue weighted by atomic mass is 10.2. The van der Waals surface area contributed by atoms with Gasteiger partial charge in [-0.25, -0.2) is 9.67 Å². The van der Waals surface area contributed by atoms with Gasteiger partial charge in [0, 0.05) is 24.0 Å². The number of rotatable bonds is 7. The van der Waals surface area contributed by atoms with Crippen LogP contribution in [0.3, 0.4) is 0 Å². The highest BCUT2D eigenvalue weighted by molar-refractivity contribution is 5.92. The van der Waals surface area contributed by atoms with Crippen LogP contribution in [-0.4, -0.2) is 36.8 Å². The molecule has 0 fully saturated rings. The van der Waals surface area contributed by atoms with Crippen LogP contribution in [0.5, 0.6) is 0 Å². The van der Waals surface area contributed by atoms with E-state index >= 15 is 0 Å². The van der Waals surface area contributed by atoms with E-state index in [2.05, 4.69) is 31.1 Å². The van der Waals surface area contributed by atoms with Crippen LogP contribution in [0, 0.1) is 0 Å². The largest absolute Gasteiger partial charge is 0.421 e. The summed E-state index contributed by atoms with van der Waals surface area (Å²) in [4.78, 5) is 29.4. The number of aryl methyl sites for hydroxylation is 1. The fourth-order valence-electron chi connectivity index (χ4n) is 3.45. The Morgan fingerprint density at radius 3 is 2.11 bits per heavy atom. The molecule has 10 nitrogen and oxygen atoms in total. The van der Waals surface area contributed by atoms with Gasteiger partial charge >= 0.3 is 5.91 Å².